The van der Waals surface area contributed by atoms with Crippen LogP contribution in [0.4, 0.5) is 5.82 Å². The Morgan fingerprint density at radius 2 is 1.85 bits per heavy atom. The SMILES string of the molecule is CCc1cc(N2CCN(C(C)(C)CN)CC2)nc(C)n1. The third-order valence-corrected chi connectivity index (χ3v) is 4.20. The van der Waals surface area contributed by atoms with E-state index in [9.17, 15) is 0 Å². The van der Waals surface area contributed by atoms with Gasteiger partial charge in [0.2, 0.25) is 0 Å². The molecule has 2 rings (SSSR count). The van der Waals surface area contributed by atoms with E-state index in [4.69, 9.17) is 5.73 Å². The first-order valence-electron chi connectivity index (χ1n) is 7.51. The van der Waals surface area contributed by atoms with Crippen molar-refractivity contribution in [2.45, 2.75) is 39.7 Å². The topological polar surface area (TPSA) is 58.3 Å². The molecule has 0 atom stereocenters. The van der Waals surface area contributed by atoms with Crippen LogP contribution in [0.15, 0.2) is 6.07 Å². The highest BCUT2D eigenvalue weighted by molar-refractivity contribution is 5.40. The molecular formula is C15H27N5. The highest BCUT2D eigenvalue weighted by Crippen LogP contribution is 2.20. The highest BCUT2D eigenvalue weighted by atomic mass is 15.3. The molecule has 0 bridgehead atoms. The number of nitrogens with two attached hydrogens (primary N) is 1. The molecule has 2 N–H and O–H groups in total. The molecule has 1 fully saturated rings. The highest BCUT2D eigenvalue weighted by Gasteiger charge is 2.29. The number of anilines is 1. The van der Waals surface area contributed by atoms with Gasteiger partial charge in [0.1, 0.15) is 11.6 Å². The van der Waals surface area contributed by atoms with Crippen LogP contribution in [-0.4, -0.2) is 53.1 Å². The fourth-order valence-electron chi connectivity index (χ4n) is 2.63. The largest absolute Gasteiger partial charge is 0.354 e. The molecule has 0 amide bonds. The second-order valence-electron chi connectivity index (χ2n) is 6.11. The number of hydrogen-bond donors (Lipinski definition) is 1. The predicted molar refractivity (Wildman–Crippen MR) is 83.1 cm³/mol. The summed E-state index contributed by atoms with van der Waals surface area (Å²) in [4.78, 5) is 13.9. The van der Waals surface area contributed by atoms with E-state index in [1.165, 1.54) is 0 Å². The maximum absolute atomic E-state index is 5.86. The van der Waals surface area contributed by atoms with Crippen LogP contribution >= 0.6 is 0 Å². The summed E-state index contributed by atoms with van der Waals surface area (Å²) in [5, 5.41) is 0. The molecule has 112 valence electrons. The van der Waals surface area contributed by atoms with E-state index in [2.05, 4.69) is 46.6 Å². The maximum Gasteiger partial charge on any atom is 0.132 e. The van der Waals surface area contributed by atoms with Crippen molar-refractivity contribution in [2.75, 3.05) is 37.6 Å². The van der Waals surface area contributed by atoms with Gasteiger partial charge in [0.05, 0.1) is 0 Å². The predicted octanol–water partition coefficient (Wildman–Crippen LogP) is 1.21. The van der Waals surface area contributed by atoms with Crippen molar-refractivity contribution in [1.29, 1.82) is 0 Å². The average molecular weight is 277 g/mol. The van der Waals surface area contributed by atoms with Crippen LogP contribution < -0.4 is 10.6 Å². The summed E-state index contributed by atoms with van der Waals surface area (Å²) in [5.41, 5.74) is 7.07. The molecule has 1 aromatic rings. The van der Waals surface area contributed by atoms with E-state index in [-0.39, 0.29) is 5.54 Å². The lowest BCUT2D eigenvalue weighted by atomic mass is 10.0. The van der Waals surface area contributed by atoms with Crippen LogP contribution in [0.25, 0.3) is 0 Å². The summed E-state index contributed by atoms with van der Waals surface area (Å²) in [6.07, 6.45) is 0.955. The lowest BCUT2D eigenvalue weighted by Crippen LogP contribution is -2.57. The molecule has 0 spiro atoms. The first-order chi connectivity index (χ1) is 9.46. The number of rotatable bonds is 4. The van der Waals surface area contributed by atoms with Crippen LogP contribution in [-0.2, 0) is 6.42 Å². The molecule has 0 unspecified atom stereocenters. The molecular weight excluding hydrogens is 250 g/mol. The van der Waals surface area contributed by atoms with Gasteiger partial charge < -0.3 is 10.6 Å². The second kappa shape index (κ2) is 6.06. The Balaban J connectivity index is 2.05. The van der Waals surface area contributed by atoms with Gasteiger partial charge in [-0.3, -0.25) is 4.90 Å². The van der Waals surface area contributed by atoms with Crippen molar-refractivity contribution in [3.05, 3.63) is 17.6 Å². The van der Waals surface area contributed by atoms with Gasteiger partial charge in [0.15, 0.2) is 0 Å². The Labute approximate surface area is 122 Å². The maximum atomic E-state index is 5.86. The van der Waals surface area contributed by atoms with Crippen LogP contribution in [0, 0.1) is 6.92 Å². The van der Waals surface area contributed by atoms with Gasteiger partial charge in [-0.1, -0.05) is 6.92 Å². The number of nitrogens with zero attached hydrogens (tertiary/aromatic N) is 4. The minimum Gasteiger partial charge on any atom is -0.354 e. The van der Waals surface area contributed by atoms with E-state index in [0.29, 0.717) is 6.54 Å². The third-order valence-electron chi connectivity index (χ3n) is 4.20. The summed E-state index contributed by atoms with van der Waals surface area (Å²) in [7, 11) is 0. The number of aryl methyl sites for hydroxylation is 2. The first kappa shape index (κ1) is 15.2. The Bertz CT molecular complexity index is 450. The monoisotopic (exact) mass is 277 g/mol. The van der Waals surface area contributed by atoms with E-state index < -0.39 is 0 Å². The molecule has 5 nitrogen and oxygen atoms in total. The standard InChI is InChI=1S/C15H27N5/c1-5-13-10-14(18-12(2)17-13)19-6-8-20(9-7-19)15(3,4)11-16/h10H,5-9,11,16H2,1-4H3. The Morgan fingerprint density at radius 1 is 1.20 bits per heavy atom. The molecule has 0 radical (unpaired) electrons. The van der Waals surface area contributed by atoms with Crippen LogP contribution in [0.2, 0.25) is 0 Å². The number of aromatic nitrogens is 2. The van der Waals surface area contributed by atoms with E-state index in [1.54, 1.807) is 0 Å². The van der Waals surface area contributed by atoms with Gasteiger partial charge in [0, 0.05) is 50.0 Å². The van der Waals surface area contributed by atoms with Gasteiger partial charge in [0.25, 0.3) is 0 Å². The average Bonchev–Trinajstić information content (AvgIpc) is 2.46. The molecule has 1 aliphatic heterocycles. The summed E-state index contributed by atoms with van der Waals surface area (Å²) < 4.78 is 0. The fraction of sp³-hybridized carbons (Fsp3) is 0.733. The van der Waals surface area contributed by atoms with Crippen molar-refractivity contribution in [3.8, 4) is 0 Å². The quantitative estimate of drug-likeness (QED) is 0.896. The lowest BCUT2D eigenvalue weighted by Gasteiger charge is -2.43. The molecule has 2 heterocycles. The van der Waals surface area contributed by atoms with Gasteiger partial charge in [-0.2, -0.15) is 0 Å². The molecule has 5 heteroatoms. The van der Waals surface area contributed by atoms with E-state index >= 15 is 0 Å². The minimum atomic E-state index is 0.0856. The molecule has 1 aliphatic rings. The van der Waals surface area contributed by atoms with Crippen LogP contribution in [0.1, 0.15) is 32.3 Å². The summed E-state index contributed by atoms with van der Waals surface area (Å²) >= 11 is 0. The minimum absolute atomic E-state index is 0.0856. The molecule has 20 heavy (non-hydrogen) atoms. The van der Waals surface area contributed by atoms with Crippen molar-refractivity contribution in [3.63, 3.8) is 0 Å². The van der Waals surface area contributed by atoms with Gasteiger partial charge in [-0.05, 0) is 27.2 Å². The van der Waals surface area contributed by atoms with Crippen LogP contribution in [0.3, 0.4) is 0 Å². The van der Waals surface area contributed by atoms with E-state index in [1.807, 2.05) is 6.92 Å². The zero-order valence-corrected chi connectivity index (χ0v) is 13.2. The van der Waals surface area contributed by atoms with Crippen molar-refractivity contribution >= 4 is 5.82 Å². The molecule has 1 saturated heterocycles. The first-order valence-corrected chi connectivity index (χ1v) is 7.51. The molecule has 0 aliphatic carbocycles. The van der Waals surface area contributed by atoms with Gasteiger partial charge in [-0.15, -0.1) is 0 Å². The number of piperazine rings is 1. The summed E-state index contributed by atoms with van der Waals surface area (Å²) in [5.74, 6) is 1.93. The zero-order chi connectivity index (χ0) is 14.8. The van der Waals surface area contributed by atoms with Crippen LogP contribution in [0.5, 0.6) is 0 Å². The molecule has 0 saturated carbocycles. The van der Waals surface area contributed by atoms with Crippen molar-refractivity contribution < 1.29 is 0 Å². The van der Waals surface area contributed by atoms with E-state index in [0.717, 1.165) is 49.9 Å². The zero-order valence-electron chi connectivity index (χ0n) is 13.2. The summed E-state index contributed by atoms with van der Waals surface area (Å²) in [6, 6.07) is 2.12. The van der Waals surface area contributed by atoms with Crippen molar-refractivity contribution in [1.82, 2.24) is 14.9 Å². The molecule has 0 aromatic carbocycles. The third kappa shape index (κ3) is 3.27. The second-order valence-corrected chi connectivity index (χ2v) is 6.11. The lowest BCUT2D eigenvalue weighted by molar-refractivity contribution is 0.119. The van der Waals surface area contributed by atoms with Gasteiger partial charge in [-0.25, -0.2) is 9.97 Å². The Kier molecular flexibility index (Phi) is 4.60. The normalized spacial score (nSPS) is 17.6. The molecule has 1 aromatic heterocycles. The fourth-order valence-corrected chi connectivity index (χ4v) is 2.63. The smallest absolute Gasteiger partial charge is 0.132 e. The Hall–Kier alpha value is -1.20. The number of hydrogen-bond acceptors (Lipinski definition) is 5. The van der Waals surface area contributed by atoms with Gasteiger partial charge >= 0.3 is 0 Å². The Morgan fingerprint density at radius 3 is 2.40 bits per heavy atom. The summed E-state index contributed by atoms with van der Waals surface area (Å²) in [6.45, 7) is 13.3. The van der Waals surface area contributed by atoms with Crippen molar-refractivity contribution in [2.24, 2.45) is 5.73 Å².